The Bertz CT molecular complexity index is 528. The van der Waals surface area contributed by atoms with Gasteiger partial charge in [0.1, 0.15) is 6.61 Å². The first-order valence-electron chi connectivity index (χ1n) is 5.95. The summed E-state index contributed by atoms with van der Waals surface area (Å²) in [6.07, 6.45) is -0.296. The number of carbonyl (C=O) groups is 1. The van der Waals surface area contributed by atoms with Gasteiger partial charge in [0.15, 0.2) is 9.84 Å². The van der Waals surface area contributed by atoms with Crippen molar-refractivity contribution in [1.29, 1.82) is 0 Å². The van der Waals surface area contributed by atoms with Crippen molar-refractivity contribution in [3.63, 3.8) is 0 Å². The van der Waals surface area contributed by atoms with Crippen LogP contribution in [0.4, 0.5) is 10.5 Å². The summed E-state index contributed by atoms with van der Waals surface area (Å²) >= 11 is 0. The Morgan fingerprint density at radius 1 is 1.37 bits per heavy atom. The number of primary amides is 1. The number of benzene rings is 1. The SMILES string of the molecule is CCCS(=O)(=O)c1ccccc1NCCOC(N)=O. The second kappa shape index (κ2) is 6.98. The summed E-state index contributed by atoms with van der Waals surface area (Å²) < 4.78 is 28.7. The van der Waals surface area contributed by atoms with E-state index in [0.717, 1.165) is 0 Å². The third-order valence-corrected chi connectivity index (χ3v) is 4.33. The fourth-order valence-corrected chi connectivity index (χ4v) is 3.12. The minimum absolute atomic E-state index is 0.0808. The highest BCUT2D eigenvalue weighted by Crippen LogP contribution is 2.22. The highest BCUT2D eigenvalue weighted by molar-refractivity contribution is 7.91. The molecular formula is C12H18N2O4S. The van der Waals surface area contributed by atoms with E-state index < -0.39 is 15.9 Å². The number of rotatable bonds is 7. The van der Waals surface area contributed by atoms with Gasteiger partial charge in [0.05, 0.1) is 16.3 Å². The molecule has 0 saturated carbocycles. The summed E-state index contributed by atoms with van der Waals surface area (Å²) in [5, 5.41) is 2.92. The van der Waals surface area contributed by atoms with Crippen LogP contribution >= 0.6 is 0 Å². The predicted octanol–water partition coefficient (Wildman–Crippen LogP) is 1.38. The van der Waals surface area contributed by atoms with Crippen molar-refractivity contribution in [2.45, 2.75) is 18.2 Å². The molecular weight excluding hydrogens is 268 g/mol. The standard InChI is InChI=1S/C12H18N2O4S/c1-2-9-19(16,17)11-6-4-3-5-10(11)14-7-8-18-12(13)15/h3-6,14H,2,7-9H2,1H3,(H2,13,15). The lowest BCUT2D eigenvalue weighted by Crippen LogP contribution is -2.19. The van der Waals surface area contributed by atoms with Gasteiger partial charge in [-0.1, -0.05) is 19.1 Å². The molecule has 0 radical (unpaired) electrons. The highest BCUT2D eigenvalue weighted by atomic mass is 32.2. The summed E-state index contributed by atoms with van der Waals surface area (Å²) in [6.45, 7) is 2.19. The molecule has 106 valence electrons. The van der Waals surface area contributed by atoms with Crippen LogP contribution in [0.25, 0.3) is 0 Å². The van der Waals surface area contributed by atoms with Crippen LogP contribution in [-0.2, 0) is 14.6 Å². The third kappa shape index (κ3) is 4.78. The van der Waals surface area contributed by atoms with Gasteiger partial charge in [-0.15, -0.1) is 0 Å². The van der Waals surface area contributed by atoms with Crippen molar-refractivity contribution >= 4 is 21.6 Å². The number of hydrogen-bond acceptors (Lipinski definition) is 5. The Labute approximate surface area is 112 Å². The zero-order valence-electron chi connectivity index (χ0n) is 10.8. The largest absolute Gasteiger partial charge is 0.448 e. The topological polar surface area (TPSA) is 98.5 Å². The molecule has 3 N–H and O–H groups in total. The van der Waals surface area contributed by atoms with Crippen LogP contribution in [0, 0.1) is 0 Å². The fraction of sp³-hybridized carbons (Fsp3) is 0.417. The molecule has 0 aliphatic heterocycles. The van der Waals surface area contributed by atoms with Crippen LogP contribution in [0.2, 0.25) is 0 Å². The van der Waals surface area contributed by atoms with Gasteiger partial charge >= 0.3 is 6.09 Å². The van der Waals surface area contributed by atoms with Gasteiger partial charge in [-0.2, -0.15) is 0 Å². The Morgan fingerprint density at radius 2 is 2.05 bits per heavy atom. The Hall–Kier alpha value is -1.76. The maximum Gasteiger partial charge on any atom is 0.404 e. The van der Waals surface area contributed by atoms with E-state index in [1.807, 2.05) is 6.92 Å². The van der Waals surface area contributed by atoms with E-state index in [2.05, 4.69) is 10.1 Å². The van der Waals surface area contributed by atoms with Crippen LogP contribution in [0.5, 0.6) is 0 Å². The van der Waals surface area contributed by atoms with Gasteiger partial charge in [-0.25, -0.2) is 13.2 Å². The minimum Gasteiger partial charge on any atom is -0.448 e. The van der Waals surface area contributed by atoms with Crippen molar-refractivity contribution in [2.24, 2.45) is 5.73 Å². The van der Waals surface area contributed by atoms with Crippen molar-refractivity contribution in [1.82, 2.24) is 0 Å². The number of carbonyl (C=O) groups excluding carboxylic acids is 1. The molecule has 7 heteroatoms. The molecule has 0 aliphatic carbocycles. The van der Waals surface area contributed by atoms with Crippen molar-refractivity contribution in [2.75, 3.05) is 24.2 Å². The fourth-order valence-electron chi connectivity index (χ4n) is 1.60. The second-order valence-electron chi connectivity index (χ2n) is 3.91. The van der Waals surface area contributed by atoms with Crippen molar-refractivity contribution in [3.8, 4) is 0 Å². The van der Waals surface area contributed by atoms with Crippen LogP contribution in [0.1, 0.15) is 13.3 Å². The summed E-state index contributed by atoms with van der Waals surface area (Å²) in [5.41, 5.74) is 5.33. The number of nitrogens with two attached hydrogens (primary N) is 1. The van der Waals surface area contributed by atoms with E-state index in [4.69, 9.17) is 5.73 Å². The Kier molecular flexibility index (Phi) is 5.62. The van der Waals surface area contributed by atoms with Gasteiger partial charge in [0.25, 0.3) is 0 Å². The maximum atomic E-state index is 12.0. The van der Waals surface area contributed by atoms with Crippen molar-refractivity contribution in [3.05, 3.63) is 24.3 Å². The first-order chi connectivity index (χ1) is 8.97. The van der Waals surface area contributed by atoms with Gasteiger partial charge in [-0.05, 0) is 18.6 Å². The minimum atomic E-state index is -3.29. The molecule has 0 unspecified atom stereocenters. The molecule has 1 aromatic rings. The molecule has 1 rings (SSSR count). The number of para-hydroxylation sites is 1. The summed E-state index contributed by atoms with van der Waals surface area (Å²) in [7, 11) is -3.29. The molecule has 0 aliphatic rings. The quantitative estimate of drug-likeness (QED) is 0.738. The monoisotopic (exact) mass is 286 g/mol. The number of amides is 1. The van der Waals surface area contributed by atoms with E-state index in [0.29, 0.717) is 18.7 Å². The predicted molar refractivity (Wildman–Crippen MR) is 72.8 cm³/mol. The third-order valence-electron chi connectivity index (χ3n) is 2.36. The lowest BCUT2D eigenvalue weighted by atomic mass is 10.3. The molecule has 1 amide bonds. The van der Waals surface area contributed by atoms with Crippen LogP contribution < -0.4 is 11.1 Å². The smallest absolute Gasteiger partial charge is 0.404 e. The molecule has 0 fully saturated rings. The lowest BCUT2D eigenvalue weighted by molar-refractivity contribution is 0.161. The van der Waals surface area contributed by atoms with E-state index in [1.54, 1.807) is 24.3 Å². The van der Waals surface area contributed by atoms with Gasteiger partial charge in [0, 0.05) is 6.54 Å². The molecule has 0 heterocycles. The average molecular weight is 286 g/mol. The molecule has 19 heavy (non-hydrogen) atoms. The zero-order chi connectivity index (χ0) is 14.3. The molecule has 0 saturated heterocycles. The number of anilines is 1. The first-order valence-corrected chi connectivity index (χ1v) is 7.60. The number of nitrogens with one attached hydrogen (secondary N) is 1. The van der Waals surface area contributed by atoms with Gasteiger partial charge in [0.2, 0.25) is 0 Å². The maximum absolute atomic E-state index is 12.0. The molecule has 6 nitrogen and oxygen atoms in total. The summed E-state index contributed by atoms with van der Waals surface area (Å²) in [4.78, 5) is 10.7. The Morgan fingerprint density at radius 3 is 2.68 bits per heavy atom. The van der Waals surface area contributed by atoms with Crippen LogP contribution in [0.3, 0.4) is 0 Å². The molecule has 0 spiro atoms. The van der Waals surface area contributed by atoms with Gasteiger partial charge < -0.3 is 15.8 Å². The normalized spacial score (nSPS) is 11.0. The highest BCUT2D eigenvalue weighted by Gasteiger charge is 2.16. The number of hydrogen-bond donors (Lipinski definition) is 2. The van der Waals surface area contributed by atoms with E-state index in [-0.39, 0.29) is 17.3 Å². The second-order valence-corrected chi connectivity index (χ2v) is 5.99. The average Bonchev–Trinajstić information content (AvgIpc) is 2.35. The Balaban J connectivity index is 2.76. The van der Waals surface area contributed by atoms with Gasteiger partial charge in [-0.3, -0.25) is 0 Å². The summed E-state index contributed by atoms with van der Waals surface area (Å²) in [5.74, 6) is 0.101. The van der Waals surface area contributed by atoms with E-state index >= 15 is 0 Å². The number of sulfone groups is 1. The first kappa shape index (κ1) is 15.3. The van der Waals surface area contributed by atoms with Crippen LogP contribution in [-0.4, -0.2) is 33.4 Å². The lowest BCUT2D eigenvalue weighted by Gasteiger charge is -2.12. The van der Waals surface area contributed by atoms with E-state index in [1.165, 1.54) is 0 Å². The molecule has 0 bridgehead atoms. The van der Waals surface area contributed by atoms with E-state index in [9.17, 15) is 13.2 Å². The van der Waals surface area contributed by atoms with Crippen molar-refractivity contribution < 1.29 is 17.9 Å². The molecule has 1 aromatic carbocycles. The molecule has 0 aromatic heterocycles. The van der Waals surface area contributed by atoms with Crippen LogP contribution in [0.15, 0.2) is 29.2 Å². The zero-order valence-corrected chi connectivity index (χ0v) is 11.6. The number of ether oxygens (including phenoxy) is 1. The molecule has 0 atom stereocenters. The summed E-state index contributed by atoms with van der Waals surface area (Å²) in [6, 6.07) is 6.64.